The number of nitrogens with zero attached hydrogens (tertiary/aromatic N) is 1. The first-order valence-electron chi connectivity index (χ1n) is 10.2. The number of hydrogen-bond acceptors (Lipinski definition) is 6. The Kier molecular flexibility index (Phi) is 9.03. The van der Waals surface area contributed by atoms with Gasteiger partial charge in [0.05, 0.1) is 37.2 Å². The molecule has 0 heterocycles. The van der Waals surface area contributed by atoms with Crippen LogP contribution in [0.15, 0.2) is 65.8 Å². The second kappa shape index (κ2) is 12.2. The number of nitrogens with one attached hydrogen (secondary N) is 1. The van der Waals surface area contributed by atoms with E-state index in [1.165, 1.54) is 0 Å². The van der Waals surface area contributed by atoms with Gasteiger partial charge in [0.15, 0.2) is 23.0 Å². The summed E-state index contributed by atoms with van der Waals surface area (Å²) in [5.74, 6) is 2.84. The van der Waals surface area contributed by atoms with E-state index in [2.05, 4.69) is 33.1 Å². The minimum Gasteiger partial charge on any atom is -0.493 e. The molecule has 0 saturated heterocycles. The van der Waals surface area contributed by atoms with E-state index in [1.54, 1.807) is 20.4 Å². The second-order valence-corrected chi connectivity index (χ2v) is 7.98. The Morgan fingerprint density at radius 1 is 0.875 bits per heavy atom. The maximum atomic E-state index is 6.07. The standard InChI is InChI=1S/C25H27IN2O4/c1-4-31-24-14-20(12-21(26)25(24)32-17-18-8-6-5-7-9-18)16-28-27-15-19-10-11-22(29-2)23(13-19)30-3/h5-14,16,27H,4,15,17H2,1-3H3/b28-16+. The van der Waals surface area contributed by atoms with Gasteiger partial charge in [-0.3, -0.25) is 0 Å². The number of benzene rings is 3. The molecule has 3 rings (SSSR count). The van der Waals surface area contributed by atoms with Crippen molar-refractivity contribution in [1.29, 1.82) is 0 Å². The Labute approximate surface area is 202 Å². The van der Waals surface area contributed by atoms with Crippen LogP contribution in [-0.4, -0.2) is 27.0 Å². The largest absolute Gasteiger partial charge is 0.493 e. The lowest BCUT2D eigenvalue weighted by molar-refractivity contribution is 0.267. The van der Waals surface area contributed by atoms with E-state index in [-0.39, 0.29) is 0 Å². The molecule has 0 amide bonds. The van der Waals surface area contributed by atoms with E-state index < -0.39 is 0 Å². The predicted molar refractivity (Wildman–Crippen MR) is 135 cm³/mol. The van der Waals surface area contributed by atoms with Gasteiger partial charge in [-0.15, -0.1) is 0 Å². The van der Waals surface area contributed by atoms with Crippen LogP contribution in [0, 0.1) is 3.57 Å². The van der Waals surface area contributed by atoms with Crippen molar-refractivity contribution in [3.8, 4) is 23.0 Å². The smallest absolute Gasteiger partial charge is 0.175 e. The molecule has 6 nitrogen and oxygen atoms in total. The summed E-state index contributed by atoms with van der Waals surface area (Å²) in [6, 6.07) is 19.8. The van der Waals surface area contributed by atoms with Gasteiger partial charge in [0, 0.05) is 0 Å². The molecule has 7 heteroatoms. The van der Waals surface area contributed by atoms with Crippen molar-refractivity contribution in [2.24, 2.45) is 5.10 Å². The molecule has 0 saturated carbocycles. The highest BCUT2D eigenvalue weighted by Crippen LogP contribution is 2.34. The van der Waals surface area contributed by atoms with Crippen LogP contribution in [0.1, 0.15) is 23.6 Å². The summed E-state index contributed by atoms with van der Waals surface area (Å²) in [5.41, 5.74) is 6.13. The molecule has 32 heavy (non-hydrogen) atoms. The van der Waals surface area contributed by atoms with E-state index in [0.29, 0.717) is 37.0 Å². The maximum Gasteiger partial charge on any atom is 0.175 e. The summed E-state index contributed by atoms with van der Waals surface area (Å²) >= 11 is 2.27. The molecule has 0 unspecified atom stereocenters. The van der Waals surface area contributed by atoms with E-state index in [4.69, 9.17) is 18.9 Å². The molecule has 0 atom stereocenters. The average Bonchev–Trinajstić information content (AvgIpc) is 2.82. The molecule has 0 bridgehead atoms. The highest BCUT2D eigenvalue weighted by Gasteiger charge is 2.12. The van der Waals surface area contributed by atoms with E-state index >= 15 is 0 Å². The fourth-order valence-electron chi connectivity index (χ4n) is 3.04. The van der Waals surface area contributed by atoms with Crippen LogP contribution in [0.5, 0.6) is 23.0 Å². The molecule has 0 aliphatic carbocycles. The second-order valence-electron chi connectivity index (χ2n) is 6.82. The van der Waals surface area contributed by atoms with Crippen LogP contribution < -0.4 is 24.4 Å². The van der Waals surface area contributed by atoms with Gasteiger partial charge in [-0.25, -0.2) is 0 Å². The zero-order valence-corrected chi connectivity index (χ0v) is 20.6. The SMILES string of the molecule is CCOc1cc(/C=N/NCc2ccc(OC)c(OC)c2)cc(I)c1OCc1ccccc1. The first-order chi connectivity index (χ1) is 15.6. The highest BCUT2D eigenvalue weighted by molar-refractivity contribution is 14.1. The molecule has 1 N–H and O–H groups in total. The number of methoxy groups -OCH3 is 2. The minimum atomic E-state index is 0.483. The van der Waals surface area contributed by atoms with Gasteiger partial charge >= 0.3 is 0 Å². The van der Waals surface area contributed by atoms with Crippen LogP contribution >= 0.6 is 22.6 Å². The predicted octanol–water partition coefficient (Wildman–Crippen LogP) is 5.41. The number of hydrazone groups is 1. The molecule has 0 aromatic heterocycles. The third-order valence-electron chi connectivity index (χ3n) is 4.59. The van der Waals surface area contributed by atoms with Crippen LogP contribution in [-0.2, 0) is 13.2 Å². The van der Waals surface area contributed by atoms with Gasteiger partial charge in [0.2, 0.25) is 0 Å². The van der Waals surface area contributed by atoms with Gasteiger partial charge in [-0.2, -0.15) is 5.10 Å². The van der Waals surface area contributed by atoms with Crippen LogP contribution in [0.3, 0.4) is 0 Å². The molecule has 0 aliphatic rings. The molecule has 0 radical (unpaired) electrons. The van der Waals surface area contributed by atoms with Gasteiger partial charge in [-0.05, 0) is 70.5 Å². The molecule has 0 fully saturated rings. The van der Waals surface area contributed by atoms with Crippen LogP contribution in [0.25, 0.3) is 0 Å². The van der Waals surface area contributed by atoms with Crippen molar-refractivity contribution in [2.45, 2.75) is 20.1 Å². The first kappa shape index (κ1) is 23.7. The van der Waals surface area contributed by atoms with Crippen LogP contribution in [0.4, 0.5) is 0 Å². The number of halogens is 1. The quantitative estimate of drug-likeness (QED) is 0.198. The van der Waals surface area contributed by atoms with E-state index in [1.807, 2.05) is 67.6 Å². The fraction of sp³-hybridized carbons (Fsp3) is 0.240. The number of ether oxygens (including phenoxy) is 4. The Balaban J connectivity index is 1.66. The minimum absolute atomic E-state index is 0.483. The van der Waals surface area contributed by atoms with Gasteiger partial charge in [0.1, 0.15) is 6.61 Å². The lowest BCUT2D eigenvalue weighted by Crippen LogP contribution is -2.06. The number of rotatable bonds is 11. The Morgan fingerprint density at radius 2 is 1.66 bits per heavy atom. The highest BCUT2D eigenvalue weighted by atomic mass is 127. The molecule has 0 aliphatic heterocycles. The first-order valence-corrected chi connectivity index (χ1v) is 11.3. The summed E-state index contributed by atoms with van der Waals surface area (Å²) in [6.45, 7) is 3.55. The monoisotopic (exact) mass is 546 g/mol. The summed E-state index contributed by atoms with van der Waals surface area (Å²) < 4.78 is 23.5. The Bertz CT molecular complexity index is 1040. The van der Waals surface area contributed by atoms with Gasteiger partial charge in [0.25, 0.3) is 0 Å². The lowest BCUT2D eigenvalue weighted by Gasteiger charge is -2.14. The van der Waals surface area contributed by atoms with Gasteiger partial charge < -0.3 is 24.4 Å². The van der Waals surface area contributed by atoms with Crippen molar-refractivity contribution in [3.63, 3.8) is 0 Å². The summed E-state index contributed by atoms with van der Waals surface area (Å²) in [5, 5.41) is 4.35. The van der Waals surface area contributed by atoms with Crippen LogP contribution in [0.2, 0.25) is 0 Å². The van der Waals surface area contributed by atoms with Crippen molar-refractivity contribution in [3.05, 3.63) is 80.9 Å². The van der Waals surface area contributed by atoms with Crippen molar-refractivity contribution < 1.29 is 18.9 Å². The zero-order valence-electron chi connectivity index (χ0n) is 18.4. The molecule has 3 aromatic carbocycles. The third-order valence-corrected chi connectivity index (χ3v) is 5.40. The topological polar surface area (TPSA) is 61.3 Å². The fourth-order valence-corrected chi connectivity index (χ4v) is 3.82. The van der Waals surface area contributed by atoms with Crippen molar-refractivity contribution >= 4 is 28.8 Å². The average molecular weight is 546 g/mol. The molecular formula is C25H27IN2O4. The molecule has 168 valence electrons. The molecule has 3 aromatic rings. The summed E-state index contributed by atoms with van der Waals surface area (Å²) in [6.07, 6.45) is 1.77. The molecule has 0 spiro atoms. The normalized spacial score (nSPS) is 10.8. The van der Waals surface area contributed by atoms with E-state index in [9.17, 15) is 0 Å². The Morgan fingerprint density at radius 3 is 2.38 bits per heavy atom. The molecular weight excluding hydrogens is 519 g/mol. The van der Waals surface area contributed by atoms with Gasteiger partial charge in [-0.1, -0.05) is 36.4 Å². The maximum absolute atomic E-state index is 6.07. The summed E-state index contributed by atoms with van der Waals surface area (Å²) in [4.78, 5) is 0. The third kappa shape index (κ3) is 6.53. The Hall–Kier alpha value is -2.94. The number of hydrogen-bond donors (Lipinski definition) is 1. The summed E-state index contributed by atoms with van der Waals surface area (Å²) in [7, 11) is 3.24. The lowest BCUT2D eigenvalue weighted by atomic mass is 10.2. The van der Waals surface area contributed by atoms with E-state index in [0.717, 1.165) is 26.0 Å². The zero-order chi connectivity index (χ0) is 22.8. The van der Waals surface area contributed by atoms with Crippen molar-refractivity contribution in [2.75, 3.05) is 20.8 Å². The van der Waals surface area contributed by atoms with Crippen molar-refractivity contribution in [1.82, 2.24) is 5.43 Å².